The molecule has 2 aromatic rings. The topological polar surface area (TPSA) is 64.6 Å². The molecule has 0 radical (unpaired) electrons. The molecule has 1 N–H and O–H groups in total. The van der Waals surface area contributed by atoms with E-state index in [1.165, 1.54) is 5.56 Å². The van der Waals surface area contributed by atoms with Crippen molar-refractivity contribution >= 4 is 12.1 Å². The summed E-state index contributed by atoms with van der Waals surface area (Å²) in [4.78, 5) is 25.0. The Kier molecular flexibility index (Phi) is 9.10. The van der Waals surface area contributed by atoms with Gasteiger partial charge in [0.2, 0.25) is 0 Å². The smallest absolute Gasteiger partial charge is 0.408 e. The van der Waals surface area contributed by atoms with Crippen LogP contribution in [0.2, 0.25) is 0 Å². The lowest BCUT2D eigenvalue weighted by atomic mass is 9.86. The molecule has 31 heavy (non-hydrogen) atoms. The van der Waals surface area contributed by atoms with Crippen molar-refractivity contribution in [2.24, 2.45) is 5.92 Å². The maximum absolute atomic E-state index is 12.7. The van der Waals surface area contributed by atoms with Gasteiger partial charge in [0.05, 0.1) is 6.61 Å². The van der Waals surface area contributed by atoms with Crippen LogP contribution in [0.1, 0.15) is 57.7 Å². The molecule has 0 aliphatic carbocycles. The minimum Gasteiger partial charge on any atom is -0.464 e. The minimum absolute atomic E-state index is 0.0488. The molecule has 5 heteroatoms. The minimum atomic E-state index is -0.809. The molecule has 0 heterocycles. The highest BCUT2D eigenvalue weighted by molar-refractivity contribution is 5.81. The van der Waals surface area contributed by atoms with Crippen molar-refractivity contribution in [3.63, 3.8) is 0 Å². The third kappa shape index (κ3) is 8.83. The number of alkyl carbamates (subject to hydrolysis) is 1. The first-order chi connectivity index (χ1) is 14.6. The summed E-state index contributed by atoms with van der Waals surface area (Å²) in [6, 6.07) is 16.7. The molecule has 0 aromatic heterocycles. The second-order valence-corrected chi connectivity index (χ2v) is 9.26. The van der Waals surface area contributed by atoms with Gasteiger partial charge in [0, 0.05) is 6.42 Å². The van der Waals surface area contributed by atoms with Crippen LogP contribution < -0.4 is 5.32 Å². The molecule has 2 aromatic carbocycles. The van der Waals surface area contributed by atoms with Gasteiger partial charge in [-0.25, -0.2) is 9.59 Å². The van der Waals surface area contributed by atoms with Gasteiger partial charge in [0.25, 0.3) is 0 Å². The normalized spacial score (nSPS) is 12.3. The molecule has 1 amide bonds. The summed E-state index contributed by atoms with van der Waals surface area (Å²) in [7, 11) is 0. The van der Waals surface area contributed by atoms with E-state index < -0.39 is 18.1 Å². The highest BCUT2D eigenvalue weighted by Gasteiger charge is 2.24. The monoisotopic (exact) mass is 425 g/mol. The first-order valence-electron chi connectivity index (χ1n) is 10.9. The first kappa shape index (κ1) is 24.4. The van der Waals surface area contributed by atoms with Crippen molar-refractivity contribution < 1.29 is 19.1 Å². The molecule has 1 atom stereocenters. The predicted octanol–water partition coefficient (Wildman–Crippen LogP) is 5.41. The molecule has 0 aliphatic rings. The predicted molar refractivity (Wildman–Crippen MR) is 123 cm³/mol. The number of carbonyl (C=O) groups is 2. The molecule has 5 nitrogen and oxygen atoms in total. The summed E-state index contributed by atoms with van der Waals surface area (Å²) in [5.74, 6) is -0.0165. The van der Waals surface area contributed by atoms with Gasteiger partial charge in [0.1, 0.15) is 12.6 Å². The maximum atomic E-state index is 12.7. The van der Waals surface area contributed by atoms with Gasteiger partial charge in [-0.05, 0) is 34.4 Å². The second kappa shape index (κ2) is 11.5. The van der Waals surface area contributed by atoms with Gasteiger partial charge in [-0.1, -0.05) is 89.2 Å². The van der Waals surface area contributed by atoms with Crippen LogP contribution in [0, 0.1) is 5.92 Å². The molecular weight excluding hydrogens is 390 g/mol. The zero-order chi connectivity index (χ0) is 22.9. The lowest BCUT2D eigenvalue weighted by Crippen LogP contribution is -2.43. The number of ether oxygens (including phenoxy) is 2. The molecule has 0 saturated carbocycles. The van der Waals surface area contributed by atoms with E-state index in [0.717, 1.165) is 17.5 Å². The van der Waals surface area contributed by atoms with Crippen LogP contribution in [-0.2, 0) is 32.7 Å². The summed E-state index contributed by atoms with van der Waals surface area (Å²) in [5.41, 5.74) is 3.09. The largest absolute Gasteiger partial charge is 0.464 e. The highest BCUT2D eigenvalue weighted by atomic mass is 16.6. The lowest BCUT2D eigenvalue weighted by molar-refractivity contribution is -0.146. The van der Waals surface area contributed by atoms with Gasteiger partial charge in [-0.3, -0.25) is 0 Å². The zero-order valence-electron chi connectivity index (χ0n) is 19.3. The van der Waals surface area contributed by atoms with Crippen LogP contribution in [-0.4, -0.2) is 24.7 Å². The number of rotatable bonds is 9. The Morgan fingerprint density at radius 1 is 0.903 bits per heavy atom. The van der Waals surface area contributed by atoms with Gasteiger partial charge in [0.15, 0.2) is 0 Å². The fourth-order valence-corrected chi connectivity index (χ4v) is 2.97. The molecule has 168 valence electrons. The van der Waals surface area contributed by atoms with Crippen molar-refractivity contribution in [3.8, 4) is 0 Å². The van der Waals surface area contributed by atoms with E-state index in [1.807, 2.05) is 42.5 Å². The van der Waals surface area contributed by atoms with Crippen LogP contribution in [0.4, 0.5) is 4.79 Å². The van der Waals surface area contributed by atoms with Crippen LogP contribution in [0.25, 0.3) is 0 Å². The number of carbonyl (C=O) groups excluding carboxylic acids is 2. The third-order valence-corrected chi connectivity index (χ3v) is 4.99. The quantitative estimate of drug-likeness (QED) is 0.546. The highest BCUT2D eigenvalue weighted by Crippen LogP contribution is 2.22. The van der Waals surface area contributed by atoms with Crippen molar-refractivity contribution in [2.75, 3.05) is 6.61 Å². The van der Waals surface area contributed by atoms with E-state index in [0.29, 0.717) is 18.9 Å². The summed E-state index contributed by atoms with van der Waals surface area (Å²) in [6.45, 7) is 11.1. The summed E-state index contributed by atoms with van der Waals surface area (Å²) in [6.07, 6.45) is 0.476. The average Bonchev–Trinajstić information content (AvgIpc) is 2.72. The van der Waals surface area contributed by atoms with Gasteiger partial charge in [-0.2, -0.15) is 0 Å². The summed E-state index contributed by atoms with van der Waals surface area (Å²) in [5, 5.41) is 2.68. The van der Waals surface area contributed by atoms with E-state index in [1.54, 1.807) is 0 Å². The lowest BCUT2D eigenvalue weighted by Gasteiger charge is -2.21. The van der Waals surface area contributed by atoms with Crippen LogP contribution in [0.5, 0.6) is 0 Å². The fourth-order valence-electron chi connectivity index (χ4n) is 2.97. The van der Waals surface area contributed by atoms with Crippen LogP contribution in [0.3, 0.4) is 0 Å². The molecule has 0 bridgehead atoms. The molecule has 0 aliphatic heterocycles. The zero-order valence-corrected chi connectivity index (χ0v) is 19.3. The van der Waals surface area contributed by atoms with E-state index in [4.69, 9.17) is 9.47 Å². The Balaban J connectivity index is 2.02. The van der Waals surface area contributed by atoms with E-state index in [2.05, 4.69) is 52.1 Å². The summed E-state index contributed by atoms with van der Waals surface area (Å²) >= 11 is 0. The molecule has 0 unspecified atom stereocenters. The maximum Gasteiger partial charge on any atom is 0.408 e. The Hall–Kier alpha value is -2.82. The summed E-state index contributed by atoms with van der Waals surface area (Å²) < 4.78 is 10.7. The molecule has 0 spiro atoms. The molecule has 2 rings (SSSR count). The number of esters is 1. The van der Waals surface area contributed by atoms with Crippen molar-refractivity contribution in [3.05, 3.63) is 71.3 Å². The molecule has 0 fully saturated rings. The number of amides is 1. The van der Waals surface area contributed by atoms with Gasteiger partial charge >= 0.3 is 12.1 Å². The number of benzene rings is 2. The molecular formula is C26H35NO4. The van der Waals surface area contributed by atoms with Crippen molar-refractivity contribution in [2.45, 2.75) is 65.5 Å². The van der Waals surface area contributed by atoms with Gasteiger partial charge < -0.3 is 14.8 Å². The van der Waals surface area contributed by atoms with Gasteiger partial charge in [-0.15, -0.1) is 0 Å². The standard InChI is InChI=1S/C26H35NO4/c1-19(2)15-16-30-24(28)23(17-20-11-13-22(14-12-20)26(3,4)5)27-25(29)31-18-21-9-7-6-8-10-21/h6-14,19,23H,15-18H2,1-5H3,(H,27,29)/t23-/m0/s1. The number of hydrogen-bond acceptors (Lipinski definition) is 4. The SMILES string of the molecule is CC(C)CCOC(=O)[C@H](Cc1ccc(C(C)(C)C)cc1)NC(=O)OCc1ccccc1. The van der Waals surface area contributed by atoms with E-state index in [9.17, 15) is 9.59 Å². The Morgan fingerprint density at radius 3 is 2.13 bits per heavy atom. The van der Waals surface area contributed by atoms with Crippen molar-refractivity contribution in [1.82, 2.24) is 5.32 Å². The Morgan fingerprint density at radius 2 is 1.55 bits per heavy atom. The van der Waals surface area contributed by atoms with E-state index >= 15 is 0 Å². The average molecular weight is 426 g/mol. The fraction of sp³-hybridized carbons (Fsp3) is 0.462. The van der Waals surface area contributed by atoms with Crippen molar-refractivity contribution in [1.29, 1.82) is 0 Å². The third-order valence-electron chi connectivity index (χ3n) is 4.99. The van der Waals surface area contributed by atoms with Crippen LogP contribution in [0.15, 0.2) is 54.6 Å². The second-order valence-electron chi connectivity index (χ2n) is 9.26. The Bertz CT molecular complexity index is 823. The number of nitrogens with one attached hydrogen (secondary N) is 1. The van der Waals surface area contributed by atoms with E-state index in [-0.39, 0.29) is 12.0 Å². The first-order valence-corrected chi connectivity index (χ1v) is 10.9. The molecule has 0 saturated heterocycles. The van der Waals surface area contributed by atoms with Crippen LogP contribution >= 0.6 is 0 Å². The number of hydrogen-bond donors (Lipinski definition) is 1. The Labute approximate surface area is 186 Å².